The van der Waals surface area contributed by atoms with Crippen LogP contribution in [0.2, 0.25) is 0 Å². The van der Waals surface area contributed by atoms with Gasteiger partial charge in [-0.15, -0.1) is 0 Å². The third-order valence-corrected chi connectivity index (χ3v) is 9.22. The van der Waals surface area contributed by atoms with E-state index in [2.05, 4.69) is 26.0 Å². The molecule has 7 atom stereocenters. The van der Waals surface area contributed by atoms with Crippen LogP contribution in [0.4, 0.5) is 0 Å². The molecule has 5 rings (SSSR count). The number of esters is 1. The summed E-state index contributed by atoms with van der Waals surface area (Å²) in [4.78, 5) is 35.7. The molecule has 3 fully saturated rings. The molecule has 4 aliphatic carbocycles. The molecule has 1 saturated heterocycles. The van der Waals surface area contributed by atoms with Gasteiger partial charge in [0.2, 0.25) is 0 Å². The highest BCUT2D eigenvalue weighted by atomic mass is 16.6. The van der Waals surface area contributed by atoms with Crippen molar-refractivity contribution in [2.45, 2.75) is 64.4 Å². The maximum atomic E-state index is 12.3. The molecule has 1 heterocycles. The van der Waals surface area contributed by atoms with Gasteiger partial charge in [-0.25, -0.2) is 0 Å². The zero-order chi connectivity index (χ0) is 19.9. The van der Waals surface area contributed by atoms with Crippen molar-refractivity contribution < 1.29 is 24.2 Å². The Morgan fingerprint density at radius 2 is 1.89 bits per heavy atom. The predicted octanol–water partition coefficient (Wildman–Crippen LogP) is 3.68. The van der Waals surface area contributed by atoms with Gasteiger partial charge in [-0.1, -0.05) is 26.0 Å². The van der Waals surface area contributed by atoms with Gasteiger partial charge in [0.1, 0.15) is 5.60 Å². The summed E-state index contributed by atoms with van der Waals surface area (Å²) in [5, 5.41) is 9.43. The molecule has 1 unspecified atom stereocenters. The van der Waals surface area contributed by atoms with Gasteiger partial charge in [0.25, 0.3) is 0 Å². The Labute approximate surface area is 165 Å². The molecule has 5 aliphatic rings. The minimum atomic E-state index is -1.06. The molecule has 0 radical (unpaired) electrons. The molecule has 1 spiro atoms. The molecule has 5 heteroatoms. The van der Waals surface area contributed by atoms with Crippen LogP contribution in [0, 0.1) is 34.5 Å². The summed E-state index contributed by atoms with van der Waals surface area (Å²) in [6, 6.07) is 0. The van der Waals surface area contributed by atoms with Crippen molar-refractivity contribution in [3.05, 3.63) is 23.8 Å². The number of carboxylic acid groups (broad SMARTS) is 1. The smallest absolute Gasteiger partial charge is 0.321 e. The Morgan fingerprint density at radius 1 is 1.14 bits per heavy atom. The van der Waals surface area contributed by atoms with Crippen molar-refractivity contribution in [1.29, 1.82) is 0 Å². The highest BCUT2D eigenvalue weighted by molar-refractivity contribution is 5.95. The van der Waals surface area contributed by atoms with Gasteiger partial charge >= 0.3 is 11.9 Å². The number of hydrogen-bond donors (Lipinski definition) is 1. The number of carbonyl (C=O) groups excluding carboxylic acids is 2. The number of carboxylic acids is 1. The molecule has 1 N–H and O–H groups in total. The van der Waals surface area contributed by atoms with Crippen LogP contribution in [0.15, 0.2) is 23.8 Å². The van der Waals surface area contributed by atoms with Gasteiger partial charge in [-0.3, -0.25) is 14.4 Å². The second-order valence-corrected chi connectivity index (χ2v) is 10.1. The van der Waals surface area contributed by atoms with Crippen LogP contribution >= 0.6 is 0 Å². The Hall–Kier alpha value is -1.91. The SMILES string of the molecule is C[C@]12CCC(=O)C=C1C=C[C@@H]1[C@@H]2CC[C@@]2(C)[C@H]1CC[C@]21CC(C(=O)O)C(=O)O1. The third kappa shape index (κ3) is 2.11. The zero-order valence-corrected chi connectivity index (χ0v) is 16.6. The van der Waals surface area contributed by atoms with Crippen molar-refractivity contribution in [3.8, 4) is 0 Å². The first-order valence-electron chi connectivity index (χ1n) is 10.6. The van der Waals surface area contributed by atoms with E-state index in [0.717, 1.165) is 32.1 Å². The van der Waals surface area contributed by atoms with E-state index in [-0.39, 0.29) is 16.6 Å². The van der Waals surface area contributed by atoms with Crippen LogP contribution in [0.1, 0.15) is 58.8 Å². The first-order valence-corrected chi connectivity index (χ1v) is 10.6. The van der Waals surface area contributed by atoms with Gasteiger partial charge in [-0.05, 0) is 66.9 Å². The summed E-state index contributed by atoms with van der Waals surface area (Å²) in [7, 11) is 0. The fraction of sp³-hybridized carbons (Fsp3) is 0.696. The largest absolute Gasteiger partial charge is 0.481 e. The van der Waals surface area contributed by atoms with Gasteiger partial charge in [0, 0.05) is 18.3 Å². The van der Waals surface area contributed by atoms with Crippen LogP contribution in [0.25, 0.3) is 0 Å². The minimum Gasteiger partial charge on any atom is -0.481 e. The number of hydrogen-bond acceptors (Lipinski definition) is 4. The zero-order valence-electron chi connectivity index (χ0n) is 16.6. The molecule has 0 aromatic heterocycles. The summed E-state index contributed by atoms with van der Waals surface area (Å²) in [6.45, 7) is 4.54. The van der Waals surface area contributed by atoms with Crippen molar-refractivity contribution in [3.63, 3.8) is 0 Å². The predicted molar refractivity (Wildman–Crippen MR) is 101 cm³/mol. The minimum absolute atomic E-state index is 0.0420. The van der Waals surface area contributed by atoms with Crippen molar-refractivity contribution in [1.82, 2.24) is 0 Å². The fourth-order valence-electron chi connectivity index (χ4n) is 7.50. The molecule has 28 heavy (non-hydrogen) atoms. The van der Waals surface area contributed by atoms with E-state index >= 15 is 0 Å². The van der Waals surface area contributed by atoms with Crippen molar-refractivity contribution >= 4 is 17.7 Å². The van der Waals surface area contributed by atoms with Gasteiger partial charge in [0.15, 0.2) is 11.7 Å². The lowest BCUT2D eigenvalue weighted by Crippen LogP contribution is -2.53. The fourth-order valence-corrected chi connectivity index (χ4v) is 7.50. The molecule has 0 amide bonds. The van der Waals surface area contributed by atoms with Crippen LogP contribution in [0.5, 0.6) is 0 Å². The highest BCUT2D eigenvalue weighted by Crippen LogP contribution is 2.69. The lowest BCUT2D eigenvalue weighted by Gasteiger charge is -2.57. The molecule has 0 bridgehead atoms. The van der Waals surface area contributed by atoms with E-state index in [0.29, 0.717) is 30.6 Å². The Balaban J connectivity index is 1.51. The number of ketones is 1. The van der Waals surface area contributed by atoms with E-state index in [1.165, 1.54) is 5.57 Å². The first kappa shape index (κ1) is 18.1. The van der Waals surface area contributed by atoms with Crippen LogP contribution in [0.3, 0.4) is 0 Å². The molecule has 1 aliphatic heterocycles. The molecule has 0 aromatic rings. The number of rotatable bonds is 1. The summed E-state index contributed by atoms with van der Waals surface area (Å²) in [6.07, 6.45) is 11.9. The maximum Gasteiger partial charge on any atom is 0.321 e. The average Bonchev–Trinajstić information content (AvgIpc) is 3.13. The second kappa shape index (κ2) is 5.58. The van der Waals surface area contributed by atoms with E-state index in [4.69, 9.17) is 4.74 Å². The van der Waals surface area contributed by atoms with Crippen LogP contribution in [-0.2, 0) is 19.1 Å². The summed E-state index contributed by atoms with van der Waals surface area (Å²) >= 11 is 0. The number of ether oxygens (including phenoxy) is 1. The first-order chi connectivity index (χ1) is 13.2. The van der Waals surface area contributed by atoms with Crippen LogP contribution in [-0.4, -0.2) is 28.4 Å². The lowest BCUT2D eigenvalue weighted by atomic mass is 9.48. The van der Waals surface area contributed by atoms with Gasteiger partial charge in [0.05, 0.1) is 0 Å². The molecule has 150 valence electrons. The van der Waals surface area contributed by atoms with E-state index in [1.54, 1.807) is 0 Å². The summed E-state index contributed by atoms with van der Waals surface area (Å²) in [5.74, 6) is -1.12. The molecular formula is C23H28O5. The second-order valence-electron chi connectivity index (χ2n) is 10.1. The monoisotopic (exact) mass is 384 g/mol. The molecule has 5 nitrogen and oxygen atoms in total. The topological polar surface area (TPSA) is 80.7 Å². The highest BCUT2D eigenvalue weighted by Gasteiger charge is 2.68. The Bertz CT molecular complexity index is 840. The van der Waals surface area contributed by atoms with Gasteiger partial charge < -0.3 is 9.84 Å². The molecule has 2 saturated carbocycles. The quantitative estimate of drug-likeness (QED) is 0.551. The van der Waals surface area contributed by atoms with Crippen molar-refractivity contribution in [2.75, 3.05) is 0 Å². The number of carbonyl (C=O) groups is 3. The Morgan fingerprint density at radius 3 is 2.61 bits per heavy atom. The normalized spacial score (nSPS) is 49.3. The molecule has 0 aromatic carbocycles. The van der Waals surface area contributed by atoms with E-state index in [9.17, 15) is 19.5 Å². The lowest BCUT2D eigenvalue weighted by molar-refractivity contribution is -0.167. The number of aliphatic carboxylic acids is 1. The average molecular weight is 384 g/mol. The Kier molecular flexibility index (Phi) is 3.61. The third-order valence-electron chi connectivity index (χ3n) is 9.22. The van der Waals surface area contributed by atoms with Crippen LogP contribution < -0.4 is 0 Å². The summed E-state index contributed by atoms with van der Waals surface area (Å²) in [5.41, 5.74) is 0.413. The number of allylic oxidation sites excluding steroid dienone is 4. The van der Waals surface area contributed by atoms with Gasteiger partial charge in [-0.2, -0.15) is 0 Å². The van der Waals surface area contributed by atoms with E-state index < -0.39 is 23.5 Å². The van der Waals surface area contributed by atoms with E-state index in [1.807, 2.05) is 6.08 Å². The summed E-state index contributed by atoms with van der Waals surface area (Å²) < 4.78 is 5.88. The molecular weight excluding hydrogens is 356 g/mol. The number of fused-ring (bicyclic) bond motifs is 6. The standard InChI is InChI=1S/C23H28O5/c1-21-8-5-14(24)11-13(21)3-4-15-17(21)6-9-22(2)18(15)7-10-23(22)12-16(19(25)26)20(27)28-23/h3-4,11,15-18H,5-10,12H2,1-2H3,(H,25,26)/t15-,16?,17+,18+,21+,22+,23+/m1/s1. The maximum absolute atomic E-state index is 12.3. The van der Waals surface area contributed by atoms with Crippen molar-refractivity contribution in [2.24, 2.45) is 34.5 Å².